The molecule has 1 fully saturated rings. The van der Waals surface area contributed by atoms with Gasteiger partial charge in [0.2, 0.25) is 0 Å². The molecule has 0 atom stereocenters. The van der Waals surface area contributed by atoms with Crippen LogP contribution < -0.4 is 5.32 Å². The second-order valence-corrected chi connectivity index (χ2v) is 8.25. The molecular formula is C17H26BrN. The van der Waals surface area contributed by atoms with E-state index in [0.29, 0.717) is 16.7 Å². The van der Waals surface area contributed by atoms with E-state index in [4.69, 9.17) is 0 Å². The molecule has 0 saturated heterocycles. The molecular weight excluding hydrogens is 298 g/mol. The second kappa shape index (κ2) is 5.57. The summed E-state index contributed by atoms with van der Waals surface area (Å²) in [7, 11) is 0. The number of nitrogens with one attached hydrogen (secondary N) is 1. The Bertz CT molecular complexity index is 429. The zero-order chi connectivity index (χ0) is 14.1. The van der Waals surface area contributed by atoms with Crippen molar-refractivity contribution in [1.29, 1.82) is 0 Å². The molecule has 1 saturated carbocycles. The summed E-state index contributed by atoms with van der Waals surface area (Å²) >= 11 is 3.61. The highest BCUT2D eigenvalue weighted by molar-refractivity contribution is 9.10. The molecule has 106 valence electrons. The number of halogens is 1. The lowest BCUT2D eigenvalue weighted by Gasteiger charge is -2.54. The van der Waals surface area contributed by atoms with Crippen LogP contribution in [0, 0.1) is 11.3 Å². The number of hydrogen-bond acceptors (Lipinski definition) is 1. The summed E-state index contributed by atoms with van der Waals surface area (Å²) < 4.78 is 1.19. The van der Waals surface area contributed by atoms with E-state index in [0.717, 1.165) is 13.1 Å². The van der Waals surface area contributed by atoms with E-state index in [2.05, 4.69) is 73.2 Å². The first-order valence-electron chi connectivity index (χ1n) is 7.30. The first-order chi connectivity index (χ1) is 8.83. The van der Waals surface area contributed by atoms with Crippen LogP contribution in [-0.2, 0) is 5.41 Å². The zero-order valence-corrected chi connectivity index (χ0v) is 14.2. The Kier molecular flexibility index (Phi) is 4.42. The Balaban J connectivity index is 2.12. The van der Waals surface area contributed by atoms with Crippen molar-refractivity contribution in [3.63, 3.8) is 0 Å². The van der Waals surface area contributed by atoms with E-state index in [1.54, 1.807) is 0 Å². The first-order valence-corrected chi connectivity index (χ1v) is 8.09. The molecule has 1 aromatic carbocycles. The van der Waals surface area contributed by atoms with Gasteiger partial charge in [0.1, 0.15) is 0 Å². The largest absolute Gasteiger partial charge is 0.316 e. The quantitative estimate of drug-likeness (QED) is 0.824. The average Bonchev–Trinajstić information content (AvgIpc) is 2.25. The van der Waals surface area contributed by atoms with E-state index in [1.807, 2.05) is 0 Å². The topological polar surface area (TPSA) is 12.0 Å². The minimum Gasteiger partial charge on any atom is -0.316 e. The van der Waals surface area contributed by atoms with Gasteiger partial charge in [-0.05, 0) is 48.4 Å². The maximum absolute atomic E-state index is 3.67. The predicted molar refractivity (Wildman–Crippen MR) is 86.5 cm³/mol. The van der Waals surface area contributed by atoms with Gasteiger partial charge in [0.05, 0.1) is 0 Å². The Labute approximate surface area is 126 Å². The molecule has 0 radical (unpaired) electrons. The Morgan fingerprint density at radius 2 is 1.95 bits per heavy atom. The molecule has 1 N–H and O–H groups in total. The summed E-state index contributed by atoms with van der Waals surface area (Å²) in [4.78, 5) is 0. The fraction of sp³-hybridized carbons (Fsp3) is 0.647. The molecule has 1 aliphatic carbocycles. The second-order valence-electron chi connectivity index (χ2n) is 7.33. The van der Waals surface area contributed by atoms with Gasteiger partial charge in [0, 0.05) is 16.4 Å². The van der Waals surface area contributed by atoms with Gasteiger partial charge in [-0.2, -0.15) is 0 Å². The van der Waals surface area contributed by atoms with Gasteiger partial charge in [-0.15, -0.1) is 0 Å². The fourth-order valence-corrected chi connectivity index (χ4v) is 4.03. The van der Waals surface area contributed by atoms with Crippen LogP contribution in [0.1, 0.15) is 46.1 Å². The van der Waals surface area contributed by atoms with Crippen LogP contribution >= 0.6 is 15.9 Å². The van der Waals surface area contributed by atoms with Gasteiger partial charge in [0.25, 0.3) is 0 Å². The Morgan fingerprint density at radius 3 is 2.47 bits per heavy atom. The van der Waals surface area contributed by atoms with Gasteiger partial charge in [-0.3, -0.25) is 0 Å². The van der Waals surface area contributed by atoms with Crippen LogP contribution in [0.5, 0.6) is 0 Å². The van der Waals surface area contributed by atoms with Crippen molar-refractivity contribution in [3.05, 3.63) is 34.3 Å². The highest BCUT2D eigenvalue weighted by Gasteiger charge is 2.49. The van der Waals surface area contributed by atoms with E-state index in [9.17, 15) is 0 Å². The third kappa shape index (κ3) is 3.61. The SMILES string of the molecule is CC(C)CNCC1(c2cccc(Br)c2)CC(C)(C)C1. The number of benzene rings is 1. The summed E-state index contributed by atoms with van der Waals surface area (Å²) in [6.07, 6.45) is 2.56. The molecule has 0 heterocycles. The van der Waals surface area contributed by atoms with Gasteiger partial charge < -0.3 is 5.32 Å². The lowest BCUT2D eigenvalue weighted by molar-refractivity contribution is 0.0558. The normalized spacial score (nSPS) is 20.3. The summed E-state index contributed by atoms with van der Waals surface area (Å²) in [6, 6.07) is 8.86. The van der Waals surface area contributed by atoms with E-state index >= 15 is 0 Å². The Morgan fingerprint density at radius 1 is 1.26 bits per heavy atom. The molecule has 1 aromatic rings. The van der Waals surface area contributed by atoms with Crippen molar-refractivity contribution >= 4 is 15.9 Å². The lowest BCUT2D eigenvalue weighted by atomic mass is 9.52. The minimum absolute atomic E-state index is 0.335. The molecule has 2 rings (SSSR count). The van der Waals surface area contributed by atoms with Crippen LogP contribution in [0.3, 0.4) is 0 Å². The molecule has 0 aliphatic heterocycles. The van der Waals surface area contributed by atoms with Gasteiger partial charge >= 0.3 is 0 Å². The van der Waals surface area contributed by atoms with Gasteiger partial charge in [0.15, 0.2) is 0 Å². The molecule has 0 spiro atoms. The van der Waals surface area contributed by atoms with Crippen molar-refractivity contribution in [3.8, 4) is 0 Å². The molecule has 0 bridgehead atoms. The summed E-state index contributed by atoms with van der Waals surface area (Å²) in [5, 5.41) is 3.67. The molecule has 19 heavy (non-hydrogen) atoms. The maximum atomic E-state index is 3.67. The molecule has 0 amide bonds. The molecule has 2 heteroatoms. The number of hydrogen-bond donors (Lipinski definition) is 1. The highest BCUT2D eigenvalue weighted by atomic mass is 79.9. The number of rotatable bonds is 5. The standard InChI is InChI=1S/C17H26BrN/c1-13(2)9-19-12-17(10-16(3,4)11-17)14-6-5-7-15(18)8-14/h5-8,13,19H,9-12H2,1-4H3. The van der Waals surface area contributed by atoms with Crippen molar-refractivity contribution in [2.24, 2.45) is 11.3 Å². The zero-order valence-electron chi connectivity index (χ0n) is 12.6. The van der Waals surface area contributed by atoms with Crippen molar-refractivity contribution in [2.45, 2.75) is 46.0 Å². The van der Waals surface area contributed by atoms with Crippen molar-refractivity contribution in [1.82, 2.24) is 5.32 Å². The van der Waals surface area contributed by atoms with Crippen molar-refractivity contribution < 1.29 is 0 Å². The van der Waals surface area contributed by atoms with E-state index in [1.165, 1.54) is 22.9 Å². The highest BCUT2D eigenvalue weighted by Crippen LogP contribution is 2.55. The third-order valence-corrected chi connectivity index (χ3v) is 4.58. The smallest absolute Gasteiger partial charge is 0.0178 e. The third-order valence-electron chi connectivity index (χ3n) is 4.09. The van der Waals surface area contributed by atoms with Crippen LogP contribution in [0.4, 0.5) is 0 Å². The predicted octanol–water partition coefficient (Wildman–Crippen LogP) is 4.75. The van der Waals surface area contributed by atoms with E-state index < -0.39 is 0 Å². The van der Waals surface area contributed by atoms with Crippen LogP contribution in [0.25, 0.3) is 0 Å². The summed E-state index contributed by atoms with van der Waals surface area (Å²) in [6.45, 7) is 11.5. The summed E-state index contributed by atoms with van der Waals surface area (Å²) in [5.74, 6) is 0.715. The van der Waals surface area contributed by atoms with Crippen LogP contribution in [-0.4, -0.2) is 13.1 Å². The van der Waals surface area contributed by atoms with Gasteiger partial charge in [-0.25, -0.2) is 0 Å². The molecule has 0 aromatic heterocycles. The first kappa shape index (κ1) is 15.1. The molecule has 1 nitrogen and oxygen atoms in total. The minimum atomic E-state index is 0.335. The van der Waals surface area contributed by atoms with Crippen LogP contribution in [0.2, 0.25) is 0 Å². The fourth-order valence-electron chi connectivity index (χ4n) is 3.63. The lowest BCUT2D eigenvalue weighted by Crippen LogP contribution is -2.52. The maximum Gasteiger partial charge on any atom is 0.0178 e. The van der Waals surface area contributed by atoms with Gasteiger partial charge in [-0.1, -0.05) is 55.8 Å². The Hall–Kier alpha value is -0.340. The molecule has 0 unspecified atom stereocenters. The monoisotopic (exact) mass is 323 g/mol. The average molecular weight is 324 g/mol. The molecule has 1 aliphatic rings. The van der Waals surface area contributed by atoms with Crippen molar-refractivity contribution in [2.75, 3.05) is 13.1 Å². The van der Waals surface area contributed by atoms with E-state index in [-0.39, 0.29) is 0 Å². The summed E-state index contributed by atoms with van der Waals surface area (Å²) in [5.41, 5.74) is 2.31. The van der Waals surface area contributed by atoms with Crippen LogP contribution in [0.15, 0.2) is 28.7 Å².